The molecular formula is C23H26N2O. The highest BCUT2D eigenvalue weighted by Crippen LogP contribution is 2.44. The van der Waals surface area contributed by atoms with Gasteiger partial charge >= 0.3 is 0 Å². The molecule has 3 heteroatoms. The molecule has 26 heavy (non-hydrogen) atoms. The van der Waals surface area contributed by atoms with Crippen LogP contribution in [0.4, 0.5) is 0 Å². The fourth-order valence-corrected chi connectivity index (χ4v) is 5.23. The molecule has 0 N–H and O–H groups in total. The van der Waals surface area contributed by atoms with Gasteiger partial charge < -0.3 is 9.47 Å². The van der Waals surface area contributed by atoms with E-state index in [-0.39, 0.29) is 18.0 Å². The summed E-state index contributed by atoms with van der Waals surface area (Å²) in [5.41, 5.74) is 6.73. The molecule has 0 bridgehead atoms. The van der Waals surface area contributed by atoms with Crippen LogP contribution in [-0.4, -0.2) is 21.4 Å². The second-order valence-corrected chi connectivity index (χ2v) is 8.04. The van der Waals surface area contributed by atoms with Crippen LogP contribution in [0.3, 0.4) is 0 Å². The van der Waals surface area contributed by atoms with Crippen molar-refractivity contribution in [2.75, 3.05) is 0 Å². The fraction of sp³-hybridized carbons (Fsp3) is 0.435. The molecule has 2 atom stereocenters. The lowest BCUT2D eigenvalue weighted by molar-refractivity contribution is -0.138. The quantitative estimate of drug-likeness (QED) is 0.764. The number of hydrogen-bond acceptors (Lipinski definition) is 1. The summed E-state index contributed by atoms with van der Waals surface area (Å²) in [6.45, 7) is 4.84. The standard InChI is InChI=1S/C23H26N2O/c1-15-11-12-20-19(13-15)18-9-6-10-21-23(18)24(20)14-22(26)25(21)16(2)17-7-4-3-5-8-17/h4,7-8,11-13,16,21H,3,5-6,9-10,14H2,1-2H3/t16-,21?/m0/s1. The van der Waals surface area contributed by atoms with Gasteiger partial charge in [0.2, 0.25) is 5.91 Å². The van der Waals surface area contributed by atoms with E-state index in [1.54, 1.807) is 0 Å². The van der Waals surface area contributed by atoms with Gasteiger partial charge in [-0.15, -0.1) is 0 Å². The third-order valence-corrected chi connectivity index (χ3v) is 6.43. The molecule has 3 aliphatic rings. The van der Waals surface area contributed by atoms with Gasteiger partial charge in [-0.25, -0.2) is 0 Å². The molecule has 1 aromatic heterocycles. The predicted octanol–water partition coefficient (Wildman–Crippen LogP) is 4.83. The highest BCUT2D eigenvalue weighted by Gasteiger charge is 2.40. The molecule has 2 aliphatic carbocycles. The maximum atomic E-state index is 13.2. The molecule has 3 nitrogen and oxygen atoms in total. The Kier molecular flexibility index (Phi) is 3.59. The largest absolute Gasteiger partial charge is 0.333 e. The summed E-state index contributed by atoms with van der Waals surface area (Å²) < 4.78 is 2.31. The molecular weight excluding hydrogens is 320 g/mol. The number of amides is 1. The van der Waals surface area contributed by atoms with Crippen molar-refractivity contribution in [3.05, 3.63) is 58.8 Å². The number of aromatic nitrogens is 1. The summed E-state index contributed by atoms with van der Waals surface area (Å²) in [5, 5.41) is 1.36. The lowest BCUT2D eigenvalue weighted by Crippen LogP contribution is -2.49. The molecule has 1 aromatic carbocycles. The van der Waals surface area contributed by atoms with E-state index in [0.29, 0.717) is 6.54 Å². The molecule has 0 spiro atoms. The first-order chi connectivity index (χ1) is 12.6. The van der Waals surface area contributed by atoms with Crippen LogP contribution in [-0.2, 0) is 17.8 Å². The second-order valence-electron chi connectivity index (χ2n) is 8.04. The SMILES string of the molecule is Cc1ccc2c(c1)c1c3n2CC(=O)N([C@@H](C)C2=CCCC=C2)C3CCC1. The van der Waals surface area contributed by atoms with Crippen LogP contribution in [0.15, 0.2) is 42.0 Å². The maximum Gasteiger partial charge on any atom is 0.243 e. The van der Waals surface area contributed by atoms with Crippen molar-refractivity contribution in [3.8, 4) is 0 Å². The number of carbonyl (C=O) groups excluding carboxylic acids is 1. The Balaban J connectivity index is 1.65. The summed E-state index contributed by atoms with van der Waals surface area (Å²) in [6.07, 6.45) is 12.4. The first-order valence-electron chi connectivity index (χ1n) is 9.94. The number of benzene rings is 1. The molecule has 1 unspecified atom stereocenters. The molecule has 1 aliphatic heterocycles. The summed E-state index contributed by atoms with van der Waals surface area (Å²) in [7, 11) is 0. The minimum absolute atomic E-state index is 0.156. The average Bonchev–Trinajstić information content (AvgIpc) is 2.97. The van der Waals surface area contributed by atoms with Crippen molar-refractivity contribution in [3.63, 3.8) is 0 Å². The van der Waals surface area contributed by atoms with E-state index in [1.165, 1.54) is 33.3 Å². The van der Waals surface area contributed by atoms with E-state index >= 15 is 0 Å². The fourth-order valence-electron chi connectivity index (χ4n) is 5.23. The number of aryl methyl sites for hydroxylation is 2. The van der Waals surface area contributed by atoms with E-state index < -0.39 is 0 Å². The smallest absolute Gasteiger partial charge is 0.243 e. The Morgan fingerprint density at radius 2 is 2.12 bits per heavy atom. The van der Waals surface area contributed by atoms with Crippen LogP contribution in [0.1, 0.15) is 55.5 Å². The summed E-state index contributed by atoms with van der Waals surface area (Å²) in [5.74, 6) is 0.265. The van der Waals surface area contributed by atoms with Crippen LogP contribution in [0.5, 0.6) is 0 Å². The zero-order valence-electron chi connectivity index (χ0n) is 15.7. The van der Waals surface area contributed by atoms with Crippen LogP contribution < -0.4 is 0 Å². The molecule has 1 amide bonds. The lowest BCUT2D eigenvalue weighted by atomic mass is 9.87. The molecule has 0 saturated heterocycles. The number of hydrogen-bond donors (Lipinski definition) is 0. The second kappa shape index (κ2) is 5.87. The first-order valence-corrected chi connectivity index (χ1v) is 9.94. The van der Waals surface area contributed by atoms with Gasteiger partial charge in [0, 0.05) is 16.6 Å². The highest BCUT2D eigenvalue weighted by atomic mass is 16.2. The molecule has 0 saturated carbocycles. The molecule has 2 heterocycles. The van der Waals surface area contributed by atoms with E-state index in [9.17, 15) is 4.79 Å². The summed E-state index contributed by atoms with van der Waals surface area (Å²) >= 11 is 0. The zero-order chi connectivity index (χ0) is 17.8. The zero-order valence-corrected chi connectivity index (χ0v) is 15.7. The van der Waals surface area contributed by atoms with Gasteiger partial charge in [0.1, 0.15) is 6.54 Å². The Morgan fingerprint density at radius 3 is 2.92 bits per heavy atom. The normalized spacial score (nSPS) is 23.2. The summed E-state index contributed by atoms with van der Waals surface area (Å²) in [4.78, 5) is 15.4. The minimum Gasteiger partial charge on any atom is -0.333 e. The van der Waals surface area contributed by atoms with Crippen molar-refractivity contribution in [2.24, 2.45) is 0 Å². The lowest BCUT2D eigenvalue weighted by Gasteiger charge is -2.43. The van der Waals surface area contributed by atoms with Crippen molar-refractivity contribution in [1.82, 2.24) is 9.47 Å². The van der Waals surface area contributed by atoms with Gasteiger partial charge in [-0.2, -0.15) is 0 Å². The number of fused-ring (bicyclic) bond motifs is 3. The molecule has 134 valence electrons. The van der Waals surface area contributed by atoms with Gasteiger partial charge in [0.15, 0.2) is 0 Å². The topological polar surface area (TPSA) is 25.2 Å². The number of nitrogens with zero attached hydrogens (tertiary/aromatic N) is 2. The Morgan fingerprint density at radius 1 is 1.23 bits per heavy atom. The number of rotatable bonds is 2. The van der Waals surface area contributed by atoms with Gasteiger partial charge in [-0.1, -0.05) is 29.9 Å². The van der Waals surface area contributed by atoms with E-state index in [2.05, 4.69) is 59.7 Å². The van der Waals surface area contributed by atoms with E-state index in [0.717, 1.165) is 32.1 Å². The summed E-state index contributed by atoms with van der Waals surface area (Å²) in [6, 6.07) is 7.06. The van der Waals surface area contributed by atoms with Crippen molar-refractivity contribution < 1.29 is 4.79 Å². The predicted molar refractivity (Wildman–Crippen MR) is 105 cm³/mol. The first kappa shape index (κ1) is 15.9. The third-order valence-electron chi connectivity index (χ3n) is 6.43. The molecule has 5 rings (SSSR count). The highest BCUT2D eigenvalue weighted by molar-refractivity contribution is 5.90. The molecule has 2 aromatic rings. The van der Waals surface area contributed by atoms with E-state index in [1.807, 2.05) is 0 Å². The van der Waals surface area contributed by atoms with Crippen molar-refractivity contribution in [1.29, 1.82) is 0 Å². The van der Waals surface area contributed by atoms with Gasteiger partial charge in [0.25, 0.3) is 0 Å². The van der Waals surface area contributed by atoms with E-state index in [4.69, 9.17) is 0 Å². The number of carbonyl (C=O) groups is 1. The maximum absolute atomic E-state index is 13.2. The molecule has 0 radical (unpaired) electrons. The Labute approximate surface area is 155 Å². The van der Waals surface area contributed by atoms with Crippen molar-refractivity contribution in [2.45, 2.75) is 64.6 Å². The Hall–Kier alpha value is -2.29. The average molecular weight is 346 g/mol. The third kappa shape index (κ3) is 2.22. The number of allylic oxidation sites excluding steroid dienone is 2. The van der Waals surface area contributed by atoms with Crippen molar-refractivity contribution >= 4 is 16.8 Å². The van der Waals surface area contributed by atoms with Gasteiger partial charge in [-0.05, 0) is 69.2 Å². The van der Waals surface area contributed by atoms with Crippen LogP contribution in [0, 0.1) is 6.92 Å². The minimum atomic E-state index is 0.156. The Bertz CT molecular complexity index is 962. The van der Waals surface area contributed by atoms with Crippen LogP contribution >= 0.6 is 0 Å². The monoisotopic (exact) mass is 346 g/mol. The van der Waals surface area contributed by atoms with Gasteiger partial charge in [-0.3, -0.25) is 4.79 Å². The van der Waals surface area contributed by atoms with Crippen LogP contribution in [0.2, 0.25) is 0 Å². The van der Waals surface area contributed by atoms with Gasteiger partial charge in [0.05, 0.1) is 12.1 Å². The molecule has 0 fully saturated rings. The van der Waals surface area contributed by atoms with Crippen LogP contribution in [0.25, 0.3) is 10.9 Å².